The van der Waals surface area contributed by atoms with Crippen LogP contribution in [0.4, 0.5) is 9.59 Å². The van der Waals surface area contributed by atoms with Crippen molar-refractivity contribution in [1.29, 1.82) is 0 Å². The molecule has 4 heterocycles. The van der Waals surface area contributed by atoms with Gasteiger partial charge in [-0.2, -0.15) is 0 Å². The molecule has 16 nitrogen and oxygen atoms in total. The SMILES string of the molecule is COCC(NC(=O)OC)C(=O)N1CCCC1c1ncc(-c2ccc3cc(-c4ccc5nc(C6CCCN6C(=O)C(COC)NC(=O)OC)[nH]c5c4)ccc3c2)[nH]1. The second-order valence-corrected chi connectivity index (χ2v) is 14.0. The number of hydrogen-bond acceptors (Lipinski definition) is 10. The number of methoxy groups -OCH3 is 4. The topological polar surface area (TPSA) is 193 Å². The number of hydrogen-bond donors (Lipinski definition) is 4. The van der Waals surface area contributed by atoms with Gasteiger partial charge in [0.05, 0.1) is 62.4 Å². The summed E-state index contributed by atoms with van der Waals surface area (Å²) in [5, 5.41) is 7.28. The largest absolute Gasteiger partial charge is 0.453 e. The van der Waals surface area contributed by atoms with Crippen molar-refractivity contribution in [3.63, 3.8) is 0 Å². The first-order valence-electron chi connectivity index (χ1n) is 18.6. The van der Waals surface area contributed by atoms with Crippen LogP contribution in [0.2, 0.25) is 0 Å². The van der Waals surface area contributed by atoms with Gasteiger partial charge in [-0.1, -0.05) is 30.3 Å². The first kappa shape index (κ1) is 38.3. The second-order valence-electron chi connectivity index (χ2n) is 14.0. The predicted octanol–water partition coefficient (Wildman–Crippen LogP) is 4.84. The molecule has 0 saturated carbocycles. The third-order valence-electron chi connectivity index (χ3n) is 10.5. The highest BCUT2D eigenvalue weighted by atomic mass is 16.5. The van der Waals surface area contributed by atoms with E-state index in [2.05, 4.69) is 62.0 Å². The zero-order chi connectivity index (χ0) is 39.3. The van der Waals surface area contributed by atoms with Crippen LogP contribution in [0.3, 0.4) is 0 Å². The molecule has 4 N–H and O–H groups in total. The minimum Gasteiger partial charge on any atom is -0.453 e. The van der Waals surface area contributed by atoms with Gasteiger partial charge in [-0.15, -0.1) is 0 Å². The molecule has 3 aromatic carbocycles. The molecule has 0 spiro atoms. The van der Waals surface area contributed by atoms with Crippen molar-refractivity contribution in [2.75, 3.05) is 54.7 Å². The fraction of sp³-hybridized carbons (Fsp3) is 0.400. The number of H-pyrrole nitrogens is 2. The quantitative estimate of drug-likeness (QED) is 0.137. The van der Waals surface area contributed by atoms with E-state index in [1.165, 1.54) is 28.4 Å². The number of carbonyl (C=O) groups is 4. The Morgan fingerprint density at radius 3 is 1.84 bits per heavy atom. The van der Waals surface area contributed by atoms with Gasteiger partial charge in [-0.3, -0.25) is 9.59 Å². The summed E-state index contributed by atoms with van der Waals surface area (Å²) in [7, 11) is 5.47. The number of benzene rings is 3. The van der Waals surface area contributed by atoms with Crippen molar-refractivity contribution in [2.24, 2.45) is 0 Å². The Labute approximate surface area is 323 Å². The van der Waals surface area contributed by atoms with E-state index < -0.39 is 24.3 Å². The highest BCUT2D eigenvalue weighted by molar-refractivity contribution is 5.92. The molecule has 2 aromatic heterocycles. The van der Waals surface area contributed by atoms with Crippen LogP contribution in [0, 0.1) is 0 Å². The smallest absolute Gasteiger partial charge is 0.407 e. The summed E-state index contributed by atoms with van der Waals surface area (Å²) in [6.07, 6.45) is 3.51. The number of carbonyl (C=O) groups excluding carboxylic acids is 4. The maximum atomic E-state index is 13.5. The zero-order valence-electron chi connectivity index (χ0n) is 31.8. The second kappa shape index (κ2) is 16.8. The van der Waals surface area contributed by atoms with E-state index in [1.807, 2.05) is 18.2 Å². The van der Waals surface area contributed by atoms with Crippen molar-refractivity contribution < 1.29 is 38.1 Å². The van der Waals surface area contributed by atoms with Gasteiger partial charge >= 0.3 is 12.2 Å². The number of aromatic amines is 2. The number of rotatable bonds is 12. The van der Waals surface area contributed by atoms with Gasteiger partial charge in [0.2, 0.25) is 11.8 Å². The van der Waals surface area contributed by atoms with Gasteiger partial charge in [0.1, 0.15) is 23.7 Å². The van der Waals surface area contributed by atoms with Gasteiger partial charge in [-0.25, -0.2) is 19.6 Å². The molecule has 294 valence electrons. The summed E-state index contributed by atoms with van der Waals surface area (Å²) in [5.74, 6) is 0.888. The van der Waals surface area contributed by atoms with Gasteiger partial charge in [0.25, 0.3) is 0 Å². The highest BCUT2D eigenvalue weighted by Crippen LogP contribution is 2.35. The Kier molecular flexibility index (Phi) is 11.5. The summed E-state index contributed by atoms with van der Waals surface area (Å²) in [6, 6.07) is 16.4. The number of nitrogens with zero attached hydrogens (tertiary/aromatic N) is 4. The molecule has 4 atom stereocenters. The Bertz CT molecular complexity index is 2240. The van der Waals surface area contributed by atoms with Crippen LogP contribution in [0.1, 0.15) is 49.4 Å². The van der Waals surface area contributed by atoms with E-state index in [0.29, 0.717) is 24.7 Å². The molecule has 2 saturated heterocycles. The van der Waals surface area contributed by atoms with Crippen molar-refractivity contribution in [3.8, 4) is 22.4 Å². The first-order valence-corrected chi connectivity index (χ1v) is 18.6. The molecule has 5 aromatic rings. The highest BCUT2D eigenvalue weighted by Gasteiger charge is 2.38. The van der Waals surface area contributed by atoms with E-state index in [4.69, 9.17) is 23.9 Å². The number of alkyl carbamates (subject to hydrolysis) is 2. The number of amides is 4. The average Bonchev–Trinajstić information content (AvgIpc) is 4.05. The number of imidazole rings is 2. The predicted molar refractivity (Wildman–Crippen MR) is 206 cm³/mol. The summed E-state index contributed by atoms with van der Waals surface area (Å²) >= 11 is 0. The molecule has 2 aliphatic rings. The number of fused-ring (bicyclic) bond motifs is 2. The molecule has 0 aliphatic carbocycles. The van der Waals surface area contributed by atoms with E-state index >= 15 is 0 Å². The fourth-order valence-electron chi connectivity index (χ4n) is 7.73. The third-order valence-corrected chi connectivity index (χ3v) is 10.5. The summed E-state index contributed by atoms with van der Waals surface area (Å²) < 4.78 is 19.8. The lowest BCUT2D eigenvalue weighted by molar-refractivity contribution is -0.136. The first-order chi connectivity index (χ1) is 27.2. The summed E-state index contributed by atoms with van der Waals surface area (Å²) in [5.41, 5.74) is 5.52. The van der Waals surface area contributed by atoms with Crippen molar-refractivity contribution in [1.82, 2.24) is 40.4 Å². The van der Waals surface area contributed by atoms with Crippen LogP contribution in [0.5, 0.6) is 0 Å². The van der Waals surface area contributed by atoms with Crippen LogP contribution < -0.4 is 10.6 Å². The van der Waals surface area contributed by atoms with E-state index in [9.17, 15) is 19.2 Å². The number of aromatic nitrogens is 4. The van der Waals surface area contributed by atoms with Gasteiger partial charge in [0, 0.05) is 32.9 Å². The molecule has 4 unspecified atom stereocenters. The van der Waals surface area contributed by atoms with Crippen molar-refractivity contribution in [2.45, 2.75) is 49.9 Å². The van der Waals surface area contributed by atoms with Crippen LogP contribution in [-0.2, 0) is 28.5 Å². The lowest BCUT2D eigenvalue weighted by atomic mass is 9.99. The minimum absolute atomic E-state index is 0.0245. The van der Waals surface area contributed by atoms with Crippen LogP contribution >= 0.6 is 0 Å². The number of nitrogens with one attached hydrogen (secondary N) is 4. The van der Waals surface area contributed by atoms with Gasteiger partial charge < -0.3 is 49.3 Å². The number of ether oxygens (including phenoxy) is 4. The van der Waals surface area contributed by atoms with E-state index in [0.717, 1.165) is 69.9 Å². The van der Waals surface area contributed by atoms with E-state index in [-0.39, 0.29) is 37.1 Å². The monoisotopic (exact) mass is 766 g/mol. The van der Waals surface area contributed by atoms with Crippen LogP contribution in [0.25, 0.3) is 44.2 Å². The molecule has 0 bridgehead atoms. The molecule has 16 heteroatoms. The Morgan fingerprint density at radius 2 is 1.25 bits per heavy atom. The Hall–Kier alpha value is -6.00. The standard InChI is InChI=1S/C40H46N8O8/c1-53-21-31(45-39(51)55-3)37(49)47-15-5-7-33(47)35-41-20-30(44-35)27-12-11-23-17-24(9-10-25(23)18-27)26-13-14-28-29(19-26)43-36(42-28)34-8-6-16-48(34)38(50)32(22-54-2)46-40(52)56-4/h9-14,17-20,31-34H,5-8,15-16,21-22H2,1-4H3,(H,41,44)(H,42,43)(H,45,51)(H,46,52). The normalized spacial score (nSPS) is 17.9. The maximum Gasteiger partial charge on any atom is 0.407 e. The molecule has 4 amide bonds. The average molecular weight is 767 g/mol. The lowest BCUT2D eigenvalue weighted by Crippen LogP contribution is -2.50. The third kappa shape index (κ3) is 7.88. The molecule has 56 heavy (non-hydrogen) atoms. The Balaban J connectivity index is 1.06. The van der Waals surface area contributed by atoms with E-state index in [1.54, 1.807) is 16.0 Å². The minimum atomic E-state index is -0.871. The fourth-order valence-corrected chi connectivity index (χ4v) is 7.73. The number of likely N-dealkylation sites (tertiary alicyclic amines) is 2. The van der Waals surface area contributed by atoms with Crippen molar-refractivity contribution >= 4 is 45.8 Å². The molecular weight excluding hydrogens is 720 g/mol. The zero-order valence-corrected chi connectivity index (χ0v) is 31.8. The van der Waals surface area contributed by atoms with Gasteiger partial charge in [0.15, 0.2) is 0 Å². The molecule has 2 fully saturated rings. The molecular formula is C40H46N8O8. The van der Waals surface area contributed by atoms with Gasteiger partial charge in [-0.05, 0) is 71.8 Å². The van der Waals surface area contributed by atoms with Crippen LogP contribution in [0.15, 0.2) is 60.8 Å². The molecule has 0 radical (unpaired) electrons. The lowest BCUT2D eigenvalue weighted by Gasteiger charge is -2.27. The van der Waals surface area contributed by atoms with Crippen molar-refractivity contribution in [3.05, 3.63) is 72.4 Å². The maximum absolute atomic E-state index is 13.5. The summed E-state index contributed by atoms with van der Waals surface area (Å²) in [4.78, 5) is 70.6. The summed E-state index contributed by atoms with van der Waals surface area (Å²) in [6.45, 7) is 1.14. The Morgan fingerprint density at radius 1 is 0.714 bits per heavy atom. The molecule has 2 aliphatic heterocycles. The van der Waals surface area contributed by atoms with Crippen LogP contribution in [-0.4, -0.2) is 121 Å². The molecule has 7 rings (SSSR count).